The average molecular weight is 229 g/mol. The van der Waals surface area contributed by atoms with E-state index in [1.54, 1.807) is 24.3 Å². The molecule has 84 valence electrons. The van der Waals surface area contributed by atoms with E-state index in [9.17, 15) is 9.59 Å². The van der Waals surface area contributed by atoms with Crippen molar-refractivity contribution in [2.45, 2.75) is 0 Å². The molecule has 0 radical (unpaired) electrons. The molecule has 0 bridgehead atoms. The topological polar surface area (TPSA) is 98.3 Å². The Morgan fingerprint density at radius 2 is 1.53 bits per heavy atom. The quantitative estimate of drug-likeness (QED) is 0.293. The highest BCUT2D eigenvalue weighted by atomic mass is 16.4. The Bertz CT molecular complexity index is 755. The number of nitrogens with one attached hydrogen (secondary N) is 2. The second-order valence-electron chi connectivity index (χ2n) is 3.65. The Labute approximate surface area is 94.3 Å². The number of oxime groups is 1. The number of aromatic amines is 2. The van der Waals surface area contributed by atoms with Gasteiger partial charge in [-0.05, 0) is 0 Å². The molecule has 0 fully saturated rings. The van der Waals surface area contributed by atoms with Crippen LogP contribution in [0.25, 0.3) is 11.3 Å². The first-order valence-electron chi connectivity index (χ1n) is 4.91. The van der Waals surface area contributed by atoms with Crippen LogP contribution in [0, 0.1) is 0 Å². The highest BCUT2D eigenvalue weighted by Crippen LogP contribution is 2.32. The van der Waals surface area contributed by atoms with Crippen LogP contribution < -0.4 is 11.1 Å². The molecule has 0 aliphatic heterocycles. The maximum absolute atomic E-state index is 11.3. The van der Waals surface area contributed by atoms with Crippen molar-refractivity contribution < 1.29 is 5.21 Å². The molecule has 2 aromatic rings. The van der Waals surface area contributed by atoms with Gasteiger partial charge in [0.1, 0.15) is 5.71 Å². The third-order valence-electron chi connectivity index (χ3n) is 2.72. The van der Waals surface area contributed by atoms with E-state index in [-0.39, 0.29) is 5.71 Å². The number of fused-ring (bicyclic) bond motifs is 3. The number of hydrogen-bond donors (Lipinski definition) is 3. The Morgan fingerprint density at radius 1 is 0.941 bits per heavy atom. The van der Waals surface area contributed by atoms with Crippen LogP contribution in [-0.2, 0) is 0 Å². The first kappa shape index (κ1) is 9.59. The number of nitrogens with zero attached hydrogens (tertiary/aromatic N) is 1. The van der Waals surface area contributed by atoms with Gasteiger partial charge in [0.25, 0.3) is 0 Å². The SMILES string of the molecule is O=c1[nH]c2c([nH]c1=O)-c1ccccc1/C2=N\O. The molecule has 0 atom stereocenters. The van der Waals surface area contributed by atoms with E-state index < -0.39 is 11.1 Å². The molecule has 6 heteroatoms. The molecule has 0 saturated heterocycles. The smallest absolute Gasteiger partial charge is 0.314 e. The first-order chi connectivity index (χ1) is 8.22. The zero-order valence-electron chi connectivity index (χ0n) is 8.52. The van der Waals surface area contributed by atoms with E-state index in [1.807, 2.05) is 0 Å². The summed E-state index contributed by atoms with van der Waals surface area (Å²) in [7, 11) is 0. The van der Waals surface area contributed by atoms with Crippen molar-refractivity contribution in [1.82, 2.24) is 9.97 Å². The zero-order valence-corrected chi connectivity index (χ0v) is 8.52. The zero-order chi connectivity index (χ0) is 12.0. The first-order valence-corrected chi connectivity index (χ1v) is 4.91. The highest BCUT2D eigenvalue weighted by molar-refractivity contribution is 6.22. The van der Waals surface area contributed by atoms with Crippen LogP contribution in [0.4, 0.5) is 0 Å². The monoisotopic (exact) mass is 229 g/mol. The summed E-state index contributed by atoms with van der Waals surface area (Å²) in [5, 5.41) is 12.2. The summed E-state index contributed by atoms with van der Waals surface area (Å²) in [6.45, 7) is 0. The van der Waals surface area contributed by atoms with Crippen LogP contribution in [0.2, 0.25) is 0 Å². The van der Waals surface area contributed by atoms with Crippen LogP contribution in [0.5, 0.6) is 0 Å². The lowest BCUT2D eigenvalue weighted by Gasteiger charge is -1.97. The van der Waals surface area contributed by atoms with Crippen molar-refractivity contribution in [2.24, 2.45) is 5.16 Å². The minimum atomic E-state index is -0.766. The molecule has 1 aromatic heterocycles. The van der Waals surface area contributed by atoms with E-state index in [0.29, 0.717) is 17.0 Å². The van der Waals surface area contributed by atoms with E-state index in [2.05, 4.69) is 15.1 Å². The summed E-state index contributed by atoms with van der Waals surface area (Å²) in [5.74, 6) is 0. The second-order valence-corrected chi connectivity index (χ2v) is 3.65. The second kappa shape index (κ2) is 3.18. The van der Waals surface area contributed by atoms with Crippen LogP contribution in [0.15, 0.2) is 39.0 Å². The van der Waals surface area contributed by atoms with Crippen molar-refractivity contribution in [2.75, 3.05) is 0 Å². The predicted octanol–water partition coefficient (Wildman–Crippen LogP) is 0.270. The predicted molar refractivity (Wildman–Crippen MR) is 60.5 cm³/mol. The van der Waals surface area contributed by atoms with Gasteiger partial charge in [0.05, 0.1) is 11.4 Å². The molecule has 0 saturated carbocycles. The Kier molecular flexibility index (Phi) is 1.79. The molecule has 0 unspecified atom stereocenters. The van der Waals surface area contributed by atoms with E-state index in [0.717, 1.165) is 5.56 Å². The molecule has 1 aromatic carbocycles. The Balaban J connectivity index is 2.48. The molecule has 1 heterocycles. The van der Waals surface area contributed by atoms with Crippen LogP contribution in [0.1, 0.15) is 11.3 Å². The fourth-order valence-corrected chi connectivity index (χ4v) is 1.99. The van der Waals surface area contributed by atoms with Gasteiger partial charge in [0.15, 0.2) is 0 Å². The summed E-state index contributed by atoms with van der Waals surface area (Å²) in [6, 6.07) is 7.11. The molecule has 17 heavy (non-hydrogen) atoms. The van der Waals surface area contributed by atoms with Gasteiger partial charge in [-0.1, -0.05) is 29.4 Å². The maximum atomic E-state index is 11.3. The lowest BCUT2D eigenvalue weighted by Crippen LogP contribution is -2.31. The van der Waals surface area contributed by atoms with Crippen molar-refractivity contribution in [3.05, 3.63) is 56.2 Å². The molecule has 0 amide bonds. The normalized spacial score (nSPS) is 14.7. The maximum Gasteiger partial charge on any atom is 0.314 e. The summed E-state index contributed by atoms with van der Waals surface area (Å²) in [5.41, 5.74) is 0.960. The van der Waals surface area contributed by atoms with Gasteiger partial charge in [-0.3, -0.25) is 9.59 Å². The summed E-state index contributed by atoms with van der Waals surface area (Å²) < 4.78 is 0. The lowest BCUT2D eigenvalue weighted by molar-refractivity contribution is 0.319. The minimum absolute atomic E-state index is 0.254. The van der Waals surface area contributed by atoms with Gasteiger partial charge >= 0.3 is 11.1 Å². The van der Waals surface area contributed by atoms with Crippen molar-refractivity contribution >= 4 is 5.71 Å². The highest BCUT2D eigenvalue weighted by Gasteiger charge is 2.27. The number of benzene rings is 1. The van der Waals surface area contributed by atoms with Gasteiger partial charge in [0.2, 0.25) is 0 Å². The Hall–Kier alpha value is -2.63. The average Bonchev–Trinajstić information content (AvgIpc) is 2.63. The van der Waals surface area contributed by atoms with Crippen molar-refractivity contribution in [3.8, 4) is 11.3 Å². The Morgan fingerprint density at radius 3 is 2.18 bits per heavy atom. The number of aromatic nitrogens is 2. The molecule has 0 spiro atoms. The van der Waals surface area contributed by atoms with E-state index in [1.165, 1.54) is 0 Å². The van der Waals surface area contributed by atoms with Crippen LogP contribution in [0.3, 0.4) is 0 Å². The molecular formula is C11H7N3O3. The van der Waals surface area contributed by atoms with E-state index in [4.69, 9.17) is 5.21 Å². The van der Waals surface area contributed by atoms with Crippen molar-refractivity contribution in [3.63, 3.8) is 0 Å². The van der Waals surface area contributed by atoms with Crippen LogP contribution in [-0.4, -0.2) is 20.9 Å². The standard InChI is InChI=1S/C11H7N3O3/c15-10-11(16)13-9-7(12-10)5-3-1-2-4-6(5)8(9)14-17/h1-4,17H,(H,12,15)(H,13,16)/b14-8+. The van der Waals surface area contributed by atoms with Gasteiger partial charge in [0, 0.05) is 11.1 Å². The summed E-state index contributed by atoms with van der Waals surface area (Å²) in [4.78, 5) is 27.4. The van der Waals surface area contributed by atoms with Crippen molar-refractivity contribution in [1.29, 1.82) is 0 Å². The lowest BCUT2D eigenvalue weighted by atomic mass is 10.1. The molecule has 1 aliphatic carbocycles. The molecule has 6 nitrogen and oxygen atoms in total. The summed E-state index contributed by atoms with van der Waals surface area (Å²) >= 11 is 0. The molecule has 3 N–H and O–H groups in total. The van der Waals surface area contributed by atoms with Gasteiger partial charge in [-0.2, -0.15) is 0 Å². The van der Waals surface area contributed by atoms with Gasteiger partial charge in [-0.15, -0.1) is 0 Å². The third kappa shape index (κ3) is 1.17. The fraction of sp³-hybridized carbons (Fsp3) is 0. The number of H-pyrrole nitrogens is 2. The molecular weight excluding hydrogens is 222 g/mol. The summed E-state index contributed by atoms with van der Waals surface area (Å²) in [6.07, 6.45) is 0. The number of rotatable bonds is 0. The fourth-order valence-electron chi connectivity index (χ4n) is 1.99. The molecule has 1 aliphatic rings. The largest absolute Gasteiger partial charge is 0.410 e. The molecule has 3 rings (SSSR count). The van der Waals surface area contributed by atoms with E-state index >= 15 is 0 Å². The van der Waals surface area contributed by atoms with Crippen LogP contribution >= 0.6 is 0 Å². The number of hydrogen-bond acceptors (Lipinski definition) is 4. The van der Waals surface area contributed by atoms with Gasteiger partial charge in [-0.25, -0.2) is 0 Å². The van der Waals surface area contributed by atoms with Gasteiger partial charge < -0.3 is 15.2 Å². The third-order valence-corrected chi connectivity index (χ3v) is 2.72. The minimum Gasteiger partial charge on any atom is -0.410 e.